The summed E-state index contributed by atoms with van der Waals surface area (Å²) >= 11 is 0. The molecule has 4 rings (SSSR count). The van der Waals surface area contributed by atoms with E-state index < -0.39 is 16.1 Å². The van der Waals surface area contributed by atoms with Gasteiger partial charge in [-0.05, 0) is 55.5 Å². The SMILES string of the molecule is CC(O)c1nccn1Cc1cc(-c2ccc(C#Cc3ccc(S(N)(=O)=O)cc3)cc2)on1. The lowest BCUT2D eigenvalue weighted by Gasteiger charge is -2.07. The monoisotopic (exact) mass is 448 g/mol. The zero-order valence-corrected chi connectivity index (χ0v) is 18.0. The Labute approximate surface area is 185 Å². The van der Waals surface area contributed by atoms with Crippen LogP contribution in [0.1, 0.15) is 35.7 Å². The van der Waals surface area contributed by atoms with Crippen molar-refractivity contribution in [1.82, 2.24) is 14.7 Å². The van der Waals surface area contributed by atoms with Crippen molar-refractivity contribution in [2.75, 3.05) is 0 Å². The van der Waals surface area contributed by atoms with E-state index in [0.29, 0.717) is 29.4 Å². The zero-order valence-electron chi connectivity index (χ0n) is 17.1. The maximum Gasteiger partial charge on any atom is 0.238 e. The van der Waals surface area contributed by atoms with E-state index in [0.717, 1.165) is 11.1 Å². The van der Waals surface area contributed by atoms with Crippen LogP contribution in [-0.4, -0.2) is 28.2 Å². The molecular weight excluding hydrogens is 428 g/mol. The summed E-state index contributed by atoms with van der Waals surface area (Å²) in [5.74, 6) is 7.22. The second-order valence-corrected chi connectivity index (χ2v) is 8.73. The van der Waals surface area contributed by atoms with Crippen LogP contribution < -0.4 is 5.14 Å². The fourth-order valence-corrected chi connectivity index (χ4v) is 3.62. The van der Waals surface area contributed by atoms with Crippen LogP contribution in [0.3, 0.4) is 0 Å². The van der Waals surface area contributed by atoms with Gasteiger partial charge in [0.2, 0.25) is 10.0 Å². The van der Waals surface area contributed by atoms with Crippen molar-refractivity contribution in [1.29, 1.82) is 0 Å². The van der Waals surface area contributed by atoms with Crippen LogP contribution in [0.5, 0.6) is 0 Å². The van der Waals surface area contributed by atoms with Gasteiger partial charge < -0.3 is 14.2 Å². The van der Waals surface area contributed by atoms with Crippen LogP contribution in [-0.2, 0) is 16.6 Å². The van der Waals surface area contributed by atoms with Crippen LogP contribution >= 0.6 is 0 Å². The van der Waals surface area contributed by atoms with Crippen molar-refractivity contribution in [3.8, 4) is 23.2 Å². The van der Waals surface area contributed by atoms with Gasteiger partial charge in [0.15, 0.2) is 5.76 Å². The molecule has 0 aliphatic heterocycles. The third-order valence-electron chi connectivity index (χ3n) is 4.72. The lowest BCUT2D eigenvalue weighted by atomic mass is 10.1. The molecule has 9 heteroatoms. The summed E-state index contributed by atoms with van der Waals surface area (Å²) in [6, 6.07) is 15.4. The van der Waals surface area contributed by atoms with E-state index in [4.69, 9.17) is 9.66 Å². The Bertz CT molecular complexity index is 1390. The molecule has 0 amide bonds. The second kappa shape index (κ2) is 8.80. The Kier molecular flexibility index (Phi) is 5.92. The van der Waals surface area contributed by atoms with E-state index in [-0.39, 0.29) is 4.90 Å². The Morgan fingerprint density at radius 3 is 2.31 bits per heavy atom. The highest BCUT2D eigenvalue weighted by atomic mass is 32.2. The maximum atomic E-state index is 11.3. The molecule has 0 saturated carbocycles. The van der Waals surface area contributed by atoms with Gasteiger partial charge in [0.1, 0.15) is 17.6 Å². The van der Waals surface area contributed by atoms with Gasteiger partial charge in [0.05, 0.1) is 11.4 Å². The highest BCUT2D eigenvalue weighted by molar-refractivity contribution is 7.89. The Balaban J connectivity index is 1.46. The van der Waals surface area contributed by atoms with E-state index in [1.165, 1.54) is 12.1 Å². The summed E-state index contributed by atoms with van der Waals surface area (Å²) in [4.78, 5) is 4.20. The molecule has 32 heavy (non-hydrogen) atoms. The molecule has 0 fully saturated rings. The average molecular weight is 449 g/mol. The predicted molar refractivity (Wildman–Crippen MR) is 118 cm³/mol. The van der Waals surface area contributed by atoms with Crippen molar-refractivity contribution in [2.45, 2.75) is 24.5 Å². The standard InChI is InChI=1S/C23H20N4O4S/c1-16(28)23-25-12-13-27(23)15-20-14-22(31-26-20)19-8-4-17(5-9-19)2-3-18-6-10-21(11-7-18)32(24,29)30/h4-14,16,28H,15H2,1H3,(H2,24,29,30). The molecule has 4 aromatic rings. The van der Waals surface area contributed by atoms with E-state index in [2.05, 4.69) is 22.0 Å². The molecule has 0 saturated heterocycles. The van der Waals surface area contributed by atoms with Crippen molar-refractivity contribution < 1.29 is 18.0 Å². The number of nitrogens with two attached hydrogens (primary N) is 1. The van der Waals surface area contributed by atoms with Crippen LogP contribution in [0.4, 0.5) is 0 Å². The number of aromatic nitrogens is 3. The van der Waals surface area contributed by atoms with Gasteiger partial charge in [-0.15, -0.1) is 0 Å². The Morgan fingerprint density at radius 1 is 1.09 bits per heavy atom. The molecule has 2 aromatic heterocycles. The molecule has 0 aliphatic rings. The number of imidazole rings is 1. The molecule has 0 bridgehead atoms. The number of aliphatic hydroxyl groups is 1. The molecule has 0 aliphatic carbocycles. The number of sulfonamides is 1. The minimum Gasteiger partial charge on any atom is -0.385 e. The molecule has 0 radical (unpaired) electrons. The lowest BCUT2D eigenvalue weighted by Crippen LogP contribution is -2.11. The molecule has 3 N–H and O–H groups in total. The predicted octanol–water partition coefficient (Wildman–Crippen LogP) is 2.69. The highest BCUT2D eigenvalue weighted by Crippen LogP contribution is 2.22. The van der Waals surface area contributed by atoms with Crippen molar-refractivity contribution >= 4 is 10.0 Å². The topological polar surface area (TPSA) is 124 Å². The van der Waals surface area contributed by atoms with Gasteiger partial charge >= 0.3 is 0 Å². The highest BCUT2D eigenvalue weighted by Gasteiger charge is 2.12. The van der Waals surface area contributed by atoms with Gasteiger partial charge in [-0.25, -0.2) is 18.5 Å². The van der Waals surface area contributed by atoms with E-state index in [9.17, 15) is 13.5 Å². The van der Waals surface area contributed by atoms with E-state index in [1.807, 2.05) is 34.9 Å². The first-order valence-electron chi connectivity index (χ1n) is 9.69. The largest absolute Gasteiger partial charge is 0.385 e. The van der Waals surface area contributed by atoms with E-state index >= 15 is 0 Å². The van der Waals surface area contributed by atoms with Crippen LogP contribution in [0.2, 0.25) is 0 Å². The summed E-state index contributed by atoms with van der Waals surface area (Å²) in [5, 5.41) is 19.0. The third-order valence-corrected chi connectivity index (χ3v) is 5.65. The van der Waals surface area contributed by atoms with Crippen molar-refractivity contribution in [3.05, 3.63) is 89.6 Å². The molecule has 8 nitrogen and oxygen atoms in total. The van der Waals surface area contributed by atoms with E-state index in [1.54, 1.807) is 31.5 Å². The molecule has 2 aromatic carbocycles. The van der Waals surface area contributed by atoms with Gasteiger partial charge in [0, 0.05) is 35.2 Å². The quantitative estimate of drug-likeness (QED) is 0.452. The Morgan fingerprint density at radius 2 is 1.72 bits per heavy atom. The van der Waals surface area contributed by atoms with Gasteiger partial charge in [-0.3, -0.25) is 0 Å². The summed E-state index contributed by atoms with van der Waals surface area (Å²) in [5.41, 5.74) is 3.04. The first-order chi connectivity index (χ1) is 15.3. The second-order valence-electron chi connectivity index (χ2n) is 7.17. The Hall–Kier alpha value is -3.71. The number of rotatable bonds is 5. The van der Waals surface area contributed by atoms with Crippen molar-refractivity contribution in [3.63, 3.8) is 0 Å². The number of hydrogen-bond acceptors (Lipinski definition) is 6. The third kappa shape index (κ3) is 4.95. The molecule has 2 heterocycles. The lowest BCUT2D eigenvalue weighted by molar-refractivity contribution is 0.184. The number of benzene rings is 2. The maximum absolute atomic E-state index is 11.3. The molecule has 1 atom stereocenters. The minimum atomic E-state index is -3.71. The fraction of sp³-hybridized carbons (Fsp3) is 0.130. The fourth-order valence-electron chi connectivity index (χ4n) is 3.11. The zero-order chi connectivity index (χ0) is 22.7. The van der Waals surface area contributed by atoms with Gasteiger partial charge in [-0.2, -0.15) is 0 Å². The van der Waals surface area contributed by atoms with Crippen LogP contribution in [0.15, 0.2) is 76.4 Å². The van der Waals surface area contributed by atoms with Crippen molar-refractivity contribution in [2.24, 2.45) is 5.14 Å². The smallest absolute Gasteiger partial charge is 0.238 e. The number of hydrogen-bond donors (Lipinski definition) is 2. The number of aliphatic hydroxyl groups excluding tert-OH is 1. The summed E-state index contributed by atoms with van der Waals surface area (Å²) in [7, 11) is -3.71. The van der Waals surface area contributed by atoms with Crippen LogP contribution in [0, 0.1) is 11.8 Å². The van der Waals surface area contributed by atoms with Gasteiger partial charge in [-0.1, -0.05) is 17.0 Å². The summed E-state index contributed by atoms with van der Waals surface area (Å²) in [6.07, 6.45) is 2.75. The molecule has 1 unspecified atom stereocenters. The first-order valence-corrected chi connectivity index (χ1v) is 11.2. The molecular formula is C23H20N4O4S. The first kappa shape index (κ1) is 21.5. The van der Waals surface area contributed by atoms with Gasteiger partial charge in [0.25, 0.3) is 0 Å². The van der Waals surface area contributed by atoms with Crippen LogP contribution in [0.25, 0.3) is 11.3 Å². The number of primary sulfonamides is 1. The average Bonchev–Trinajstić information content (AvgIpc) is 3.42. The molecule has 162 valence electrons. The normalized spacial score (nSPS) is 12.2. The summed E-state index contributed by atoms with van der Waals surface area (Å²) < 4.78 is 29.9. The molecule has 0 spiro atoms. The number of nitrogens with zero attached hydrogens (tertiary/aromatic N) is 3. The minimum absolute atomic E-state index is 0.0500. The summed E-state index contributed by atoms with van der Waals surface area (Å²) in [6.45, 7) is 2.11.